The van der Waals surface area contributed by atoms with Crippen LogP contribution >= 0.6 is 0 Å². The lowest BCUT2D eigenvalue weighted by Gasteiger charge is -2.12. The van der Waals surface area contributed by atoms with E-state index in [4.69, 9.17) is 19.5 Å². The third-order valence-electron chi connectivity index (χ3n) is 2.25. The van der Waals surface area contributed by atoms with E-state index in [9.17, 15) is 9.50 Å². The first-order valence-electron chi connectivity index (χ1n) is 5.74. The summed E-state index contributed by atoms with van der Waals surface area (Å²) in [5, 5.41) is 18.1. The number of hydrogen-bond donors (Lipinski definition) is 1. The smallest absolute Gasteiger partial charge is 0.144 e. The average molecular weight is 269 g/mol. The van der Waals surface area contributed by atoms with Crippen LogP contribution in [0.3, 0.4) is 0 Å². The number of aliphatic hydroxyl groups is 1. The quantitative estimate of drug-likeness (QED) is 0.715. The van der Waals surface area contributed by atoms with E-state index in [1.807, 2.05) is 0 Å². The molecule has 0 radical (unpaired) electrons. The second kappa shape index (κ2) is 8.43. The van der Waals surface area contributed by atoms with E-state index in [0.29, 0.717) is 13.2 Å². The van der Waals surface area contributed by atoms with Crippen LogP contribution in [-0.2, 0) is 9.47 Å². The highest BCUT2D eigenvalue weighted by molar-refractivity contribution is 5.36. The number of aliphatic hydroxyl groups excluding tert-OH is 1. The van der Waals surface area contributed by atoms with Crippen LogP contribution < -0.4 is 4.74 Å². The van der Waals surface area contributed by atoms with E-state index < -0.39 is 11.9 Å². The molecule has 19 heavy (non-hydrogen) atoms. The number of nitriles is 1. The summed E-state index contributed by atoms with van der Waals surface area (Å²) in [6, 6.07) is 5.62. The molecule has 0 aliphatic rings. The Morgan fingerprint density at radius 3 is 2.79 bits per heavy atom. The average Bonchev–Trinajstić information content (AvgIpc) is 2.41. The van der Waals surface area contributed by atoms with Gasteiger partial charge in [-0.05, 0) is 12.1 Å². The maximum atomic E-state index is 13.3. The summed E-state index contributed by atoms with van der Waals surface area (Å²) in [5.74, 6) is -0.390. The molecule has 0 aromatic heterocycles. The second-order valence-corrected chi connectivity index (χ2v) is 3.79. The third-order valence-corrected chi connectivity index (χ3v) is 2.25. The minimum atomic E-state index is -0.810. The van der Waals surface area contributed by atoms with Crippen LogP contribution in [0, 0.1) is 17.1 Å². The number of halogens is 1. The topological polar surface area (TPSA) is 71.7 Å². The molecule has 0 spiro atoms. The Bertz CT molecular complexity index is 433. The van der Waals surface area contributed by atoms with Crippen molar-refractivity contribution in [2.75, 3.05) is 33.5 Å². The Morgan fingerprint density at radius 2 is 2.16 bits per heavy atom. The number of nitrogens with zero attached hydrogens (tertiary/aromatic N) is 1. The number of benzene rings is 1. The minimum absolute atomic E-state index is 0.0156. The molecular formula is C13H16FNO4. The van der Waals surface area contributed by atoms with Gasteiger partial charge in [0.15, 0.2) is 0 Å². The van der Waals surface area contributed by atoms with Crippen LogP contribution in [0.15, 0.2) is 18.2 Å². The van der Waals surface area contributed by atoms with E-state index in [1.54, 1.807) is 13.2 Å². The maximum absolute atomic E-state index is 13.3. The summed E-state index contributed by atoms with van der Waals surface area (Å²) in [5.41, 5.74) is -0.0456. The number of ether oxygens (including phenoxy) is 3. The van der Waals surface area contributed by atoms with Gasteiger partial charge in [0.1, 0.15) is 30.3 Å². The third kappa shape index (κ3) is 5.66. The van der Waals surface area contributed by atoms with Crippen LogP contribution in [0.25, 0.3) is 0 Å². The first kappa shape index (κ1) is 15.4. The van der Waals surface area contributed by atoms with Gasteiger partial charge < -0.3 is 19.3 Å². The Labute approximate surface area is 111 Å². The lowest BCUT2D eigenvalue weighted by Crippen LogP contribution is -2.24. The van der Waals surface area contributed by atoms with Crippen molar-refractivity contribution < 1.29 is 23.7 Å². The summed E-state index contributed by atoms with van der Waals surface area (Å²) in [6.45, 7) is 0.938. The van der Waals surface area contributed by atoms with Gasteiger partial charge >= 0.3 is 0 Å². The lowest BCUT2D eigenvalue weighted by molar-refractivity contribution is -0.00423. The van der Waals surface area contributed by atoms with Gasteiger partial charge in [-0.1, -0.05) is 0 Å². The van der Waals surface area contributed by atoms with Crippen LogP contribution in [0.4, 0.5) is 4.39 Å². The maximum Gasteiger partial charge on any atom is 0.144 e. The molecule has 1 aromatic rings. The molecule has 0 heterocycles. The summed E-state index contributed by atoms with van der Waals surface area (Å²) in [7, 11) is 1.56. The molecule has 0 aliphatic carbocycles. The van der Waals surface area contributed by atoms with E-state index >= 15 is 0 Å². The molecule has 1 atom stereocenters. The fraction of sp³-hybridized carbons (Fsp3) is 0.462. The largest absolute Gasteiger partial charge is 0.491 e. The summed E-state index contributed by atoms with van der Waals surface area (Å²) < 4.78 is 28.3. The van der Waals surface area contributed by atoms with Crippen molar-refractivity contribution in [3.05, 3.63) is 29.6 Å². The molecule has 5 nitrogen and oxygen atoms in total. The van der Waals surface area contributed by atoms with Crippen LogP contribution in [0.5, 0.6) is 5.75 Å². The SMILES string of the molecule is COCCOCC(O)COc1ccc(C#N)c(F)c1. The molecule has 0 amide bonds. The fourth-order valence-corrected chi connectivity index (χ4v) is 1.28. The first-order valence-corrected chi connectivity index (χ1v) is 5.74. The first-order chi connectivity index (χ1) is 9.17. The molecule has 1 aromatic carbocycles. The van der Waals surface area contributed by atoms with Gasteiger partial charge in [-0.15, -0.1) is 0 Å². The standard InChI is InChI=1S/C13H16FNO4/c1-17-4-5-18-8-11(16)9-19-12-3-2-10(7-15)13(14)6-12/h2-3,6,11,16H,4-5,8-9H2,1H3. The predicted octanol–water partition coefficient (Wildman–Crippen LogP) is 1.10. The van der Waals surface area contributed by atoms with E-state index in [-0.39, 0.29) is 24.5 Å². The molecule has 0 saturated heterocycles. The van der Waals surface area contributed by atoms with Gasteiger partial charge in [0.2, 0.25) is 0 Å². The second-order valence-electron chi connectivity index (χ2n) is 3.79. The zero-order chi connectivity index (χ0) is 14.1. The number of hydrogen-bond acceptors (Lipinski definition) is 5. The van der Waals surface area contributed by atoms with Crippen LogP contribution in [-0.4, -0.2) is 44.7 Å². The Kier molecular flexibility index (Phi) is 6.82. The molecule has 104 valence electrons. The Morgan fingerprint density at radius 1 is 1.37 bits per heavy atom. The lowest BCUT2D eigenvalue weighted by atomic mass is 10.2. The normalized spacial score (nSPS) is 11.9. The molecular weight excluding hydrogens is 253 g/mol. The van der Waals surface area contributed by atoms with E-state index in [0.717, 1.165) is 6.07 Å². The zero-order valence-corrected chi connectivity index (χ0v) is 10.6. The molecule has 0 fully saturated rings. The van der Waals surface area contributed by atoms with Crippen molar-refractivity contribution >= 4 is 0 Å². The zero-order valence-electron chi connectivity index (χ0n) is 10.6. The van der Waals surface area contributed by atoms with Crippen molar-refractivity contribution in [2.45, 2.75) is 6.10 Å². The molecule has 0 aliphatic heterocycles. The summed E-state index contributed by atoms with van der Waals surface area (Å²) in [6.07, 6.45) is -0.810. The molecule has 6 heteroatoms. The van der Waals surface area contributed by atoms with Crippen molar-refractivity contribution in [2.24, 2.45) is 0 Å². The van der Waals surface area contributed by atoms with Crippen molar-refractivity contribution in [1.29, 1.82) is 5.26 Å². The van der Waals surface area contributed by atoms with Crippen LogP contribution in [0.1, 0.15) is 5.56 Å². The molecule has 1 unspecified atom stereocenters. The van der Waals surface area contributed by atoms with E-state index in [2.05, 4.69) is 0 Å². The number of methoxy groups -OCH3 is 1. The van der Waals surface area contributed by atoms with Gasteiger partial charge in [0, 0.05) is 13.2 Å². The van der Waals surface area contributed by atoms with Gasteiger partial charge in [-0.3, -0.25) is 0 Å². The highest BCUT2D eigenvalue weighted by Crippen LogP contribution is 2.16. The monoisotopic (exact) mass is 269 g/mol. The van der Waals surface area contributed by atoms with Gasteiger partial charge in [0.25, 0.3) is 0 Å². The summed E-state index contributed by atoms with van der Waals surface area (Å²) >= 11 is 0. The van der Waals surface area contributed by atoms with Crippen LogP contribution in [0.2, 0.25) is 0 Å². The molecule has 0 saturated carbocycles. The van der Waals surface area contributed by atoms with Crippen molar-refractivity contribution in [1.82, 2.24) is 0 Å². The molecule has 1 rings (SSSR count). The molecule has 1 N–H and O–H groups in total. The fourth-order valence-electron chi connectivity index (χ4n) is 1.28. The highest BCUT2D eigenvalue weighted by atomic mass is 19.1. The molecule has 0 bridgehead atoms. The Balaban J connectivity index is 2.32. The van der Waals surface area contributed by atoms with Gasteiger partial charge in [-0.25, -0.2) is 4.39 Å². The van der Waals surface area contributed by atoms with Crippen molar-refractivity contribution in [3.8, 4) is 11.8 Å². The predicted molar refractivity (Wildman–Crippen MR) is 65.3 cm³/mol. The Hall–Kier alpha value is -1.68. The van der Waals surface area contributed by atoms with Gasteiger partial charge in [0.05, 0.1) is 25.4 Å². The van der Waals surface area contributed by atoms with E-state index in [1.165, 1.54) is 12.1 Å². The van der Waals surface area contributed by atoms with Gasteiger partial charge in [-0.2, -0.15) is 5.26 Å². The summed E-state index contributed by atoms with van der Waals surface area (Å²) in [4.78, 5) is 0. The number of rotatable bonds is 8. The van der Waals surface area contributed by atoms with Crippen molar-refractivity contribution in [3.63, 3.8) is 0 Å². The highest BCUT2D eigenvalue weighted by Gasteiger charge is 2.07. The minimum Gasteiger partial charge on any atom is -0.491 e.